The van der Waals surface area contributed by atoms with Crippen LogP contribution in [0.1, 0.15) is 21.5 Å². The number of carbonyl (C=O) groups is 1. The van der Waals surface area contributed by atoms with E-state index in [2.05, 4.69) is 20.3 Å². The number of aromatic amines is 1. The first-order valence-corrected chi connectivity index (χ1v) is 10.9. The number of fused-ring (bicyclic) bond motifs is 1. The number of nitrogens with zero attached hydrogens (tertiary/aromatic N) is 2. The zero-order valence-corrected chi connectivity index (χ0v) is 18.9. The molecule has 0 radical (unpaired) electrons. The van der Waals surface area contributed by atoms with E-state index in [9.17, 15) is 18.0 Å². The number of rotatable bonds is 5. The molecule has 0 bridgehead atoms. The summed E-state index contributed by atoms with van der Waals surface area (Å²) < 4.78 is 45.3. The van der Waals surface area contributed by atoms with E-state index in [4.69, 9.17) is 4.74 Å². The fraction of sp³-hybridized carbons (Fsp3) is 0.0741. The van der Waals surface area contributed by atoms with E-state index in [1.54, 1.807) is 49.8 Å². The lowest BCUT2D eigenvalue weighted by molar-refractivity contribution is -0.137. The number of halogens is 3. The number of carbonyl (C=O) groups excluding carboxylic acids is 1. The second-order valence-corrected chi connectivity index (χ2v) is 8.09. The summed E-state index contributed by atoms with van der Waals surface area (Å²) in [6.45, 7) is 1.74. The van der Waals surface area contributed by atoms with Gasteiger partial charge in [-0.05, 0) is 61.0 Å². The highest BCUT2D eigenvalue weighted by Crippen LogP contribution is 2.34. The highest BCUT2D eigenvalue weighted by atomic mass is 19.4. The molecule has 5 rings (SSSR count). The standard InChI is InChI=1S/C27H19F3N4O2/c1-16-5-6-20(14-22(16)26(35)33-19-4-2-3-18(13-19)27(28,29)30)36-24-15-23(17-7-10-31-11-8-17)34-25-21(24)9-12-32-25/h2-15H,1H3,(H,32,34)(H,33,35). The van der Waals surface area contributed by atoms with E-state index in [1.807, 2.05) is 18.2 Å². The molecule has 2 aromatic carbocycles. The van der Waals surface area contributed by atoms with Crippen LogP contribution in [0, 0.1) is 6.92 Å². The highest BCUT2D eigenvalue weighted by molar-refractivity contribution is 6.05. The summed E-state index contributed by atoms with van der Waals surface area (Å²) in [6.07, 6.45) is 0.592. The van der Waals surface area contributed by atoms with Crippen LogP contribution in [0.3, 0.4) is 0 Å². The Hall–Kier alpha value is -4.66. The van der Waals surface area contributed by atoms with Gasteiger partial charge in [-0.1, -0.05) is 12.1 Å². The predicted octanol–water partition coefficient (Wildman–Crippen LogP) is 7.00. The van der Waals surface area contributed by atoms with Crippen molar-refractivity contribution in [2.45, 2.75) is 13.1 Å². The van der Waals surface area contributed by atoms with E-state index in [0.717, 1.165) is 23.1 Å². The zero-order chi connectivity index (χ0) is 25.3. The number of nitrogens with one attached hydrogen (secondary N) is 2. The Kier molecular flexibility index (Phi) is 5.89. The van der Waals surface area contributed by atoms with E-state index < -0.39 is 17.6 Å². The maximum absolute atomic E-state index is 13.0. The van der Waals surface area contributed by atoms with Crippen LogP contribution in [0.5, 0.6) is 11.5 Å². The number of alkyl halides is 3. The minimum atomic E-state index is -4.51. The Balaban J connectivity index is 1.45. The first-order chi connectivity index (χ1) is 17.3. The lowest BCUT2D eigenvalue weighted by atomic mass is 10.1. The molecule has 3 heterocycles. The van der Waals surface area contributed by atoms with Gasteiger partial charge in [-0.3, -0.25) is 9.78 Å². The summed E-state index contributed by atoms with van der Waals surface area (Å²) in [4.78, 5) is 24.7. The van der Waals surface area contributed by atoms with Crippen molar-refractivity contribution in [2.24, 2.45) is 0 Å². The van der Waals surface area contributed by atoms with Crippen LogP contribution < -0.4 is 10.1 Å². The third-order valence-corrected chi connectivity index (χ3v) is 5.60. The number of hydrogen-bond acceptors (Lipinski definition) is 4. The minimum Gasteiger partial charge on any atom is -0.456 e. The highest BCUT2D eigenvalue weighted by Gasteiger charge is 2.30. The molecule has 5 aromatic rings. The van der Waals surface area contributed by atoms with Gasteiger partial charge in [0.05, 0.1) is 16.6 Å². The molecule has 0 atom stereocenters. The Morgan fingerprint density at radius 1 is 1.00 bits per heavy atom. The summed E-state index contributed by atoms with van der Waals surface area (Å²) in [5.41, 5.74) is 2.30. The molecular formula is C27H19F3N4O2. The normalized spacial score (nSPS) is 11.4. The maximum atomic E-state index is 13.0. The van der Waals surface area contributed by atoms with Gasteiger partial charge in [0, 0.05) is 41.5 Å². The second kappa shape index (κ2) is 9.18. The summed E-state index contributed by atoms with van der Waals surface area (Å²) >= 11 is 0. The number of amides is 1. The molecule has 0 saturated carbocycles. The molecule has 9 heteroatoms. The topological polar surface area (TPSA) is 79.9 Å². The van der Waals surface area contributed by atoms with Gasteiger partial charge < -0.3 is 15.0 Å². The van der Waals surface area contributed by atoms with Crippen molar-refractivity contribution in [1.82, 2.24) is 15.0 Å². The fourth-order valence-corrected chi connectivity index (χ4v) is 3.77. The molecule has 0 aliphatic carbocycles. The predicted molar refractivity (Wildman–Crippen MR) is 130 cm³/mol. The molecule has 0 spiro atoms. The largest absolute Gasteiger partial charge is 0.456 e. The van der Waals surface area contributed by atoms with E-state index in [1.165, 1.54) is 12.1 Å². The number of hydrogen-bond donors (Lipinski definition) is 2. The van der Waals surface area contributed by atoms with Crippen LogP contribution in [0.25, 0.3) is 22.3 Å². The van der Waals surface area contributed by atoms with E-state index in [-0.39, 0.29) is 11.3 Å². The van der Waals surface area contributed by atoms with Gasteiger partial charge in [0.1, 0.15) is 17.1 Å². The average molecular weight is 488 g/mol. The average Bonchev–Trinajstić information content (AvgIpc) is 3.34. The third kappa shape index (κ3) is 4.76. The smallest absolute Gasteiger partial charge is 0.416 e. The van der Waals surface area contributed by atoms with Gasteiger partial charge >= 0.3 is 6.18 Å². The fourth-order valence-electron chi connectivity index (χ4n) is 3.77. The second-order valence-electron chi connectivity index (χ2n) is 8.09. The Morgan fingerprint density at radius 3 is 2.58 bits per heavy atom. The molecule has 36 heavy (non-hydrogen) atoms. The van der Waals surface area contributed by atoms with Crippen molar-refractivity contribution >= 4 is 22.6 Å². The summed E-state index contributed by atoms with van der Waals surface area (Å²) in [5, 5.41) is 3.30. The maximum Gasteiger partial charge on any atom is 0.416 e. The summed E-state index contributed by atoms with van der Waals surface area (Å²) in [5.74, 6) is 0.376. The van der Waals surface area contributed by atoms with Gasteiger partial charge in [0.25, 0.3) is 5.91 Å². The van der Waals surface area contributed by atoms with Crippen molar-refractivity contribution in [3.63, 3.8) is 0 Å². The van der Waals surface area contributed by atoms with E-state index >= 15 is 0 Å². The molecule has 0 aliphatic heterocycles. The number of H-pyrrole nitrogens is 1. The van der Waals surface area contributed by atoms with Crippen molar-refractivity contribution in [3.05, 3.63) is 102 Å². The molecule has 0 aliphatic rings. The Labute approximate surface area is 203 Å². The Morgan fingerprint density at radius 2 is 1.81 bits per heavy atom. The Bertz CT molecular complexity index is 1560. The van der Waals surface area contributed by atoms with Crippen LogP contribution in [0.4, 0.5) is 18.9 Å². The van der Waals surface area contributed by atoms with Crippen LogP contribution in [-0.4, -0.2) is 20.9 Å². The molecule has 0 fully saturated rings. The first-order valence-electron chi connectivity index (χ1n) is 10.9. The third-order valence-electron chi connectivity index (χ3n) is 5.60. The molecule has 2 N–H and O–H groups in total. The van der Waals surface area contributed by atoms with Crippen LogP contribution in [-0.2, 0) is 6.18 Å². The first kappa shape index (κ1) is 23.1. The SMILES string of the molecule is Cc1ccc(Oc2cc(-c3ccncc3)nc3[nH]ccc23)cc1C(=O)Nc1cccc(C(F)(F)F)c1. The lowest BCUT2D eigenvalue weighted by Gasteiger charge is -2.13. The van der Waals surface area contributed by atoms with Crippen LogP contribution in [0.15, 0.2) is 85.3 Å². The van der Waals surface area contributed by atoms with Gasteiger partial charge in [-0.2, -0.15) is 13.2 Å². The van der Waals surface area contributed by atoms with E-state index in [0.29, 0.717) is 28.4 Å². The molecule has 0 unspecified atom stereocenters. The van der Waals surface area contributed by atoms with Gasteiger partial charge in [0.2, 0.25) is 0 Å². The monoisotopic (exact) mass is 488 g/mol. The van der Waals surface area contributed by atoms with Gasteiger partial charge in [0.15, 0.2) is 0 Å². The van der Waals surface area contributed by atoms with Crippen LogP contribution >= 0.6 is 0 Å². The zero-order valence-electron chi connectivity index (χ0n) is 18.9. The summed E-state index contributed by atoms with van der Waals surface area (Å²) in [7, 11) is 0. The molecular weight excluding hydrogens is 469 g/mol. The van der Waals surface area contributed by atoms with Gasteiger partial charge in [-0.15, -0.1) is 0 Å². The van der Waals surface area contributed by atoms with Crippen molar-refractivity contribution < 1.29 is 22.7 Å². The van der Waals surface area contributed by atoms with Crippen molar-refractivity contribution in [1.29, 1.82) is 0 Å². The van der Waals surface area contributed by atoms with Crippen LogP contribution in [0.2, 0.25) is 0 Å². The number of pyridine rings is 2. The summed E-state index contributed by atoms with van der Waals surface area (Å²) in [6, 6.07) is 16.8. The molecule has 6 nitrogen and oxygen atoms in total. The minimum absolute atomic E-state index is 0.0469. The molecule has 0 saturated heterocycles. The molecule has 1 amide bonds. The number of anilines is 1. The number of benzene rings is 2. The molecule has 3 aromatic heterocycles. The number of ether oxygens (including phenoxy) is 1. The number of aromatic nitrogens is 3. The quantitative estimate of drug-likeness (QED) is 0.279. The van der Waals surface area contributed by atoms with Crippen molar-refractivity contribution in [2.75, 3.05) is 5.32 Å². The van der Waals surface area contributed by atoms with Gasteiger partial charge in [-0.25, -0.2) is 4.98 Å². The number of aryl methyl sites for hydroxylation is 1. The van der Waals surface area contributed by atoms with Crippen molar-refractivity contribution in [3.8, 4) is 22.8 Å². The lowest BCUT2D eigenvalue weighted by Crippen LogP contribution is -2.14. The molecule has 180 valence electrons.